The number of rotatable bonds is 8. The summed E-state index contributed by atoms with van der Waals surface area (Å²) >= 11 is 0. The molecule has 0 radical (unpaired) electrons. The minimum Gasteiger partial charge on any atom is -0.501 e. The van der Waals surface area contributed by atoms with Crippen molar-refractivity contribution < 1.29 is 27.8 Å². The van der Waals surface area contributed by atoms with E-state index in [0.29, 0.717) is 12.5 Å². The normalized spacial score (nSPS) is 13.4. The zero-order chi connectivity index (χ0) is 19.2. The predicted octanol–water partition coefficient (Wildman–Crippen LogP) is 3.94. The van der Waals surface area contributed by atoms with Gasteiger partial charge in [-0.2, -0.15) is 13.2 Å². The van der Waals surface area contributed by atoms with Gasteiger partial charge in [-0.25, -0.2) is 4.79 Å². The molecule has 1 aromatic heterocycles. The number of ether oxygens (including phenoxy) is 1. The predicted molar refractivity (Wildman–Crippen MR) is 87.1 cm³/mol. The number of carboxylic acid groups (broad SMARTS) is 1. The molecular formula is C17H22F3NO4. The van der Waals surface area contributed by atoms with Crippen LogP contribution in [0.1, 0.15) is 50.8 Å². The van der Waals surface area contributed by atoms with E-state index in [-0.39, 0.29) is 24.5 Å². The maximum atomic E-state index is 13.1. The molecule has 0 spiro atoms. The summed E-state index contributed by atoms with van der Waals surface area (Å²) in [4.78, 5) is 23.6. The summed E-state index contributed by atoms with van der Waals surface area (Å²) in [5.41, 5.74) is -2.45. The molecule has 140 valence electrons. The van der Waals surface area contributed by atoms with Crippen molar-refractivity contribution in [1.82, 2.24) is 4.57 Å². The standard InChI is InChI=1S/C17H22F3NO4/c1-4-25-8-7-12-10-21(14(16(23)24)6-5-11(2)3)15(22)9-13(12)17(18,19)20/h7-11,14H,4-6H2,1-3H3,(H,23,24)/b8-7+. The highest BCUT2D eigenvalue weighted by Crippen LogP contribution is 2.32. The van der Waals surface area contributed by atoms with Crippen LogP contribution >= 0.6 is 0 Å². The first-order chi connectivity index (χ1) is 11.6. The molecule has 0 saturated heterocycles. The number of carbonyl (C=O) groups is 1. The number of aromatic nitrogens is 1. The Bertz CT molecular complexity index is 677. The molecule has 1 rings (SSSR count). The largest absolute Gasteiger partial charge is 0.501 e. The highest BCUT2D eigenvalue weighted by Gasteiger charge is 2.34. The Hall–Kier alpha value is -2.25. The van der Waals surface area contributed by atoms with Gasteiger partial charge in [-0.05, 0) is 31.8 Å². The van der Waals surface area contributed by atoms with Crippen molar-refractivity contribution in [2.75, 3.05) is 6.61 Å². The van der Waals surface area contributed by atoms with Crippen molar-refractivity contribution in [2.24, 2.45) is 5.92 Å². The number of pyridine rings is 1. The minimum atomic E-state index is -4.74. The summed E-state index contributed by atoms with van der Waals surface area (Å²) < 4.78 is 45.2. The van der Waals surface area contributed by atoms with E-state index in [2.05, 4.69) is 0 Å². The van der Waals surface area contributed by atoms with Crippen LogP contribution in [-0.4, -0.2) is 22.2 Å². The fraction of sp³-hybridized carbons (Fsp3) is 0.529. The highest BCUT2D eigenvalue weighted by atomic mass is 19.4. The average Bonchev–Trinajstić information content (AvgIpc) is 2.48. The van der Waals surface area contributed by atoms with Gasteiger partial charge in [0.25, 0.3) is 5.56 Å². The molecule has 8 heteroatoms. The van der Waals surface area contributed by atoms with Crippen LogP contribution < -0.4 is 5.56 Å². The highest BCUT2D eigenvalue weighted by molar-refractivity contribution is 5.72. The van der Waals surface area contributed by atoms with Gasteiger partial charge in [-0.15, -0.1) is 0 Å². The Morgan fingerprint density at radius 1 is 1.36 bits per heavy atom. The fourth-order valence-electron chi connectivity index (χ4n) is 2.28. The Morgan fingerprint density at radius 3 is 2.48 bits per heavy atom. The number of alkyl halides is 3. The SMILES string of the molecule is CCO/C=C/c1cn(C(CCC(C)C)C(=O)O)c(=O)cc1C(F)(F)F. The van der Waals surface area contributed by atoms with Crippen molar-refractivity contribution in [2.45, 2.75) is 45.8 Å². The first-order valence-electron chi connectivity index (χ1n) is 7.92. The Morgan fingerprint density at radius 2 is 2.00 bits per heavy atom. The molecular weight excluding hydrogens is 339 g/mol. The van der Waals surface area contributed by atoms with Crippen LogP contribution in [0.4, 0.5) is 13.2 Å². The molecule has 0 aliphatic carbocycles. The number of nitrogens with zero attached hydrogens (tertiary/aromatic N) is 1. The van der Waals surface area contributed by atoms with Crippen LogP contribution in [-0.2, 0) is 15.7 Å². The average molecular weight is 361 g/mol. The van der Waals surface area contributed by atoms with Gasteiger partial charge in [0.2, 0.25) is 0 Å². The van der Waals surface area contributed by atoms with Crippen molar-refractivity contribution >= 4 is 12.0 Å². The first-order valence-corrected chi connectivity index (χ1v) is 7.92. The number of hydrogen-bond acceptors (Lipinski definition) is 3. The molecule has 1 N–H and O–H groups in total. The Balaban J connectivity index is 3.42. The number of halogens is 3. The van der Waals surface area contributed by atoms with Gasteiger partial charge < -0.3 is 14.4 Å². The number of hydrogen-bond donors (Lipinski definition) is 1. The second-order valence-corrected chi connectivity index (χ2v) is 5.97. The van der Waals surface area contributed by atoms with Crippen LogP contribution in [0.25, 0.3) is 6.08 Å². The number of carboxylic acids is 1. The van der Waals surface area contributed by atoms with Crippen LogP contribution in [0.15, 0.2) is 23.3 Å². The van der Waals surface area contributed by atoms with Gasteiger partial charge in [0.1, 0.15) is 6.04 Å². The lowest BCUT2D eigenvalue weighted by atomic mass is 10.0. The molecule has 0 aromatic carbocycles. The topological polar surface area (TPSA) is 68.5 Å². The Labute approximate surface area is 143 Å². The molecule has 1 atom stereocenters. The monoisotopic (exact) mass is 361 g/mol. The molecule has 1 aromatic rings. The van der Waals surface area contributed by atoms with E-state index >= 15 is 0 Å². The van der Waals surface area contributed by atoms with Gasteiger partial charge in [0.05, 0.1) is 18.4 Å². The van der Waals surface area contributed by atoms with E-state index < -0.39 is 29.3 Å². The smallest absolute Gasteiger partial charge is 0.417 e. The summed E-state index contributed by atoms with van der Waals surface area (Å²) in [5, 5.41) is 9.37. The van der Waals surface area contributed by atoms with Gasteiger partial charge in [0, 0.05) is 17.8 Å². The van der Waals surface area contributed by atoms with Crippen molar-refractivity contribution in [3.63, 3.8) is 0 Å². The van der Waals surface area contributed by atoms with Gasteiger partial charge in [-0.1, -0.05) is 13.8 Å². The second-order valence-electron chi connectivity index (χ2n) is 5.97. The van der Waals surface area contributed by atoms with Gasteiger partial charge in [0.15, 0.2) is 0 Å². The van der Waals surface area contributed by atoms with Crippen LogP contribution in [0, 0.1) is 5.92 Å². The van der Waals surface area contributed by atoms with Crippen molar-refractivity contribution in [1.29, 1.82) is 0 Å². The molecule has 0 aliphatic rings. The molecule has 1 heterocycles. The van der Waals surface area contributed by atoms with E-state index in [9.17, 15) is 27.9 Å². The maximum Gasteiger partial charge on any atom is 0.417 e. The first kappa shape index (κ1) is 20.8. The van der Waals surface area contributed by atoms with Crippen molar-refractivity contribution in [3.8, 4) is 0 Å². The third-order valence-electron chi connectivity index (χ3n) is 3.57. The lowest BCUT2D eigenvalue weighted by Gasteiger charge is -2.19. The Kier molecular flexibility index (Phi) is 7.26. The minimum absolute atomic E-state index is 0.146. The lowest BCUT2D eigenvalue weighted by molar-refractivity contribution is -0.141. The zero-order valence-corrected chi connectivity index (χ0v) is 14.3. The summed E-state index contributed by atoms with van der Waals surface area (Å²) in [6.45, 7) is 5.72. The van der Waals surface area contributed by atoms with E-state index in [4.69, 9.17) is 4.74 Å². The van der Waals surface area contributed by atoms with Crippen molar-refractivity contribution in [3.05, 3.63) is 40.0 Å². The van der Waals surface area contributed by atoms with Crippen LogP contribution in [0.3, 0.4) is 0 Å². The molecule has 25 heavy (non-hydrogen) atoms. The summed E-state index contributed by atoms with van der Waals surface area (Å²) in [5.74, 6) is -1.06. The van der Waals surface area contributed by atoms with Crippen LogP contribution in [0.2, 0.25) is 0 Å². The molecule has 0 fully saturated rings. The van der Waals surface area contributed by atoms with Gasteiger partial charge >= 0.3 is 12.1 Å². The lowest BCUT2D eigenvalue weighted by Crippen LogP contribution is -2.31. The fourth-order valence-corrected chi connectivity index (χ4v) is 2.28. The maximum absolute atomic E-state index is 13.1. The molecule has 0 bridgehead atoms. The molecule has 1 unspecified atom stereocenters. The third kappa shape index (κ3) is 5.95. The summed E-state index contributed by atoms with van der Waals surface area (Å²) in [7, 11) is 0. The van der Waals surface area contributed by atoms with E-state index in [1.165, 1.54) is 0 Å². The van der Waals surface area contributed by atoms with Gasteiger partial charge in [-0.3, -0.25) is 4.79 Å². The van der Waals surface area contributed by atoms with E-state index in [1.807, 2.05) is 13.8 Å². The molecule has 0 aliphatic heterocycles. The molecule has 0 saturated carbocycles. The van der Waals surface area contributed by atoms with Crippen LogP contribution in [0.5, 0.6) is 0 Å². The molecule has 0 amide bonds. The third-order valence-corrected chi connectivity index (χ3v) is 3.57. The summed E-state index contributed by atoms with van der Waals surface area (Å²) in [6, 6.07) is -0.798. The molecule has 5 nitrogen and oxygen atoms in total. The second kappa shape index (κ2) is 8.73. The van der Waals surface area contributed by atoms with E-state index in [1.54, 1.807) is 6.92 Å². The summed E-state index contributed by atoms with van der Waals surface area (Å²) in [6.07, 6.45) is -0.977. The van der Waals surface area contributed by atoms with E-state index in [0.717, 1.165) is 23.1 Å². The zero-order valence-electron chi connectivity index (χ0n) is 14.3. The number of aliphatic carboxylic acids is 1. The quantitative estimate of drug-likeness (QED) is 0.712.